The molecule has 1 aliphatic rings. The number of rotatable bonds is 4. The van der Waals surface area contributed by atoms with Crippen molar-refractivity contribution in [2.24, 2.45) is 5.92 Å². The van der Waals surface area contributed by atoms with E-state index in [0.717, 1.165) is 30.1 Å². The van der Waals surface area contributed by atoms with Gasteiger partial charge in [0.1, 0.15) is 0 Å². The van der Waals surface area contributed by atoms with E-state index >= 15 is 0 Å². The Morgan fingerprint density at radius 3 is 2.40 bits per heavy atom. The van der Waals surface area contributed by atoms with Crippen LogP contribution in [-0.4, -0.2) is 34.2 Å². The fourth-order valence-electron chi connectivity index (χ4n) is 3.26. The lowest BCUT2D eigenvalue weighted by Gasteiger charge is -2.21. The number of hydrogen-bond acceptors (Lipinski definition) is 2. The number of benzene rings is 1. The van der Waals surface area contributed by atoms with E-state index < -0.39 is 11.9 Å². The molecule has 0 N–H and O–H groups in total. The van der Waals surface area contributed by atoms with E-state index in [-0.39, 0.29) is 5.91 Å². The van der Waals surface area contributed by atoms with Crippen LogP contribution in [0.4, 0.5) is 13.2 Å². The van der Waals surface area contributed by atoms with Crippen LogP contribution >= 0.6 is 0 Å². The summed E-state index contributed by atoms with van der Waals surface area (Å²) in [5.74, 6) is 0.494. The topological polar surface area (TPSA) is 38.1 Å². The third kappa shape index (κ3) is 4.03. The Balaban J connectivity index is 1.69. The molecule has 1 aliphatic carbocycles. The zero-order valence-electron chi connectivity index (χ0n) is 14.0. The molecule has 1 heterocycles. The molecule has 1 aromatic carbocycles. The minimum absolute atomic E-state index is 0.0742. The molecule has 1 fully saturated rings. The average Bonchev–Trinajstić information content (AvgIpc) is 3.25. The standard InChI is InChI=1S/C18H20F3N3O/c1-23(12-13-4-2-3-5-13)17(25)14-6-8-15(9-7-14)24-11-10-16(22-24)18(19,20)21/h6-11,13H,2-5,12H2,1H3. The summed E-state index contributed by atoms with van der Waals surface area (Å²) in [6.07, 6.45) is 1.57. The van der Waals surface area contributed by atoms with Crippen LogP contribution in [-0.2, 0) is 6.18 Å². The molecule has 0 atom stereocenters. The van der Waals surface area contributed by atoms with Crippen molar-refractivity contribution in [1.29, 1.82) is 0 Å². The molecule has 0 bridgehead atoms. The molecule has 1 amide bonds. The number of halogens is 3. The van der Waals surface area contributed by atoms with Gasteiger partial charge in [-0.05, 0) is 49.1 Å². The van der Waals surface area contributed by atoms with E-state index in [9.17, 15) is 18.0 Å². The summed E-state index contributed by atoms with van der Waals surface area (Å²) in [6.45, 7) is 0.745. The van der Waals surface area contributed by atoms with Gasteiger partial charge >= 0.3 is 6.18 Å². The van der Waals surface area contributed by atoms with E-state index in [2.05, 4.69) is 5.10 Å². The van der Waals surface area contributed by atoms with Crippen LogP contribution in [0.5, 0.6) is 0 Å². The zero-order chi connectivity index (χ0) is 18.0. The Hall–Kier alpha value is -2.31. The Morgan fingerprint density at radius 1 is 1.20 bits per heavy atom. The highest BCUT2D eigenvalue weighted by Gasteiger charge is 2.33. The van der Waals surface area contributed by atoms with Crippen LogP contribution in [0.3, 0.4) is 0 Å². The lowest BCUT2D eigenvalue weighted by atomic mass is 10.1. The van der Waals surface area contributed by atoms with Crippen molar-refractivity contribution in [3.05, 3.63) is 47.8 Å². The number of aromatic nitrogens is 2. The van der Waals surface area contributed by atoms with Crippen molar-refractivity contribution in [1.82, 2.24) is 14.7 Å². The van der Waals surface area contributed by atoms with Crippen molar-refractivity contribution in [3.63, 3.8) is 0 Å². The number of amides is 1. The van der Waals surface area contributed by atoms with Gasteiger partial charge in [-0.3, -0.25) is 4.79 Å². The third-order valence-electron chi connectivity index (χ3n) is 4.61. The quantitative estimate of drug-likeness (QED) is 0.830. The lowest BCUT2D eigenvalue weighted by Crippen LogP contribution is -2.31. The normalized spacial score (nSPS) is 15.5. The maximum Gasteiger partial charge on any atom is 0.435 e. The first-order valence-electron chi connectivity index (χ1n) is 8.33. The summed E-state index contributed by atoms with van der Waals surface area (Å²) in [4.78, 5) is 14.2. The maximum absolute atomic E-state index is 12.6. The third-order valence-corrected chi connectivity index (χ3v) is 4.61. The van der Waals surface area contributed by atoms with Gasteiger partial charge in [0, 0.05) is 25.4 Å². The Morgan fingerprint density at radius 2 is 1.84 bits per heavy atom. The van der Waals surface area contributed by atoms with Gasteiger partial charge in [0.25, 0.3) is 5.91 Å². The number of carbonyl (C=O) groups excluding carboxylic acids is 1. The first-order valence-corrected chi connectivity index (χ1v) is 8.33. The SMILES string of the molecule is CN(CC1CCCC1)C(=O)c1ccc(-n2ccc(C(F)(F)F)n2)cc1. The molecule has 0 radical (unpaired) electrons. The predicted molar refractivity (Wildman–Crippen MR) is 87.5 cm³/mol. The average molecular weight is 351 g/mol. The largest absolute Gasteiger partial charge is 0.435 e. The van der Waals surface area contributed by atoms with Crippen LogP contribution in [0.25, 0.3) is 5.69 Å². The first kappa shape index (κ1) is 17.5. The molecule has 134 valence electrons. The molecule has 7 heteroatoms. The molecule has 0 spiro atoms. The smallest absolute Gasteiger partial charge is 0.341 e. The van der Waals surface area contributed by atoms with Crippen LogP contribution in [0.2, 0.25) is 0 Å². The summed E-state index contributed by atoms with van der Waals surface area (Å²) in [5.41, 5.74) is 0.0573. The van der Waals surface area contributed by atoms with Crippen molar-refractivity contribution < 1.29 is 18.0 Å². The van der Waals surface area contributed by atoms with Crippen molar-refractivity contribution in [3.8, 4) is 5.69 Å². The highest BCUT2D eigenvalue weighted by atomic mass is 19.4. The van der Waals surface area contributed by atoms with Crippen LogP contribution in [0, 0.1) is 5.92 Å². The maximum atomic E-state index is 12.6. The number of alkyl halides is 3. The molecule has 1 aromatic heterocycles. The van der Waals surface area contributed by atoms with Crippen LogP contribution in [0.15, 0.2) is 36.5 Å². The fourth-order valence-corrected chi connectivity index (χ4v) is 3.26. The number of carbonyl (C=O) groups is 1. The monoisotopic (exact) mass is 351 g/mol. The number of nitrogens with zero attached hydrogens (tertiary/aromatic N) is 3. The molecule has 1 saturated carbocycles. The molecule has 4 nitrogen and oxygen atoms in total. The van der Waals surface area contributed by atoms with Gasteiger partial charge in [-0.15, -0.1) is 0 Å². The van der Waals surface area contributed by atoms with Crippen LogP contribution in [0.1, 0.15) is 41.7 Å². The molecule has 0 aliphatic heterocycles. The number of hydrogen-bond donors (Lipinski definition) is 0. The summed E-state index contributed by atoms with van der Waals surface area (Å²) in [7, 11) is 1.79. The Labute approximate surface area is 144 Å². The van der Waals surface area contributed by atoms with Crippen molar-refractivity contribution >= 4 is 5.91 Å². The van der Waals surface area contributed by atoms with Gasteiger partial charge in [0.05, 0.1) is 5.69 Å². The van der Waals surface area contributed by atoms with Crippen LogP contribution < -0.4 is 0 Å². The fraction of sp³-hybridized carbons (Fsp3) is 0.444. The second kappa shape index (κ2) is 6.90. The van der Waals surface area contributed by atoms with Gasteiger partial charge in [0.2, 0.25) is 0 Å². The van der Waals surface area contributed by atoms with E-state index in [1.807, 2.05) is 0 Å². The highest BCUT2D eigenvalue weighted by Crippen LogP contribution is 2.28. The van der Waals surface area contributed by atoms with Gasteiger partial charge in [0.15, 0.2) is 5.69 Å². The van der Waals surface area contributed by atoms with E-state index in [4.69, 9.17) is 0 Å². The first-order chi connectivity index (χ1) is 11.8. The van der Waals surface area contributed by atoms with Gasteiger partial charge in [-0.25, -0.2) is 4.68 Å². The second-order valence-electron chi connectivity index (χ2n) is 6.53. The molecule has 3 rings (SSSR count). The summed E-state index contributed by atoms with van der Waals surface area (Å²) >= 11 is 0. The summed E-state index contributed by atoms with van der Waals surface area (Å²) in [6, 6.07) is 7.37. The second-order valence-corrected chi connectivity index (χ2v) is 6.53. The molecule has 2 aromatic rings. The molecule has 0 saturated heterocycles. The van der Waals surface area contributed by atoms with Crippen molar-refractivity contribution in [2.45, 2.75) is 31.9 Å². The summed E-state index contributed by atoms with van der Waals surface area (Å²) < 4.78 is 39.0. The zero-order valence-corrected chi connectivity index (χ0v) is 14.0. The molecule has 0 unspecified atom stereocenters. The summed E-state index contributed by atoms with van der Waals surface area (Å²) in [5, 5.41) is 3.53. The van der Waals surface area contributed by atoms with Gasteiger partial charge in [-0.2, -0.15) is 18.3 Å². The van der Waals surface area contributed by atoms with E-state index in [1.165, 1.54) is 19.0 Å². The predicted octanol–water partition coefficient (Wildman–Crippen LogP) is 4.15. The van der Waals surface area contributed by atoms with Gasteiger partial charge < -0.3 is 4.90 Å². The highest BCUT2D eigenvalue weighted by molar-refractivity contribution is 5.94. The van der Waals surface area contributed by atoms with E-state index in [1.54, 1.807) is 36.2 Å². The Bertz CT molecular complexity index is 731. The minimum Gasteiger partial charge on any atom is -0.341 e. The Kier molecular flexibility index (Phi) is 4.83. The molecular formula is C18H20F3N3O. The van der Waals surface area contributed by atoms with E-state index in [0.29, 0.717) is 17.2 Å². The minimum atomic E-state index is -4.47. The molecule has 25 heavy (non-hydrogen) atoms. The van der Waals surface area contributed by atoms with Gasteiger partial charge in [-0.1, -0.05) is 12.8 Å². The lowest BCUT2D eigenvalue weighted by molar-refractivity contribution is -0.141. The van der Waals surface area contributed by atoms with Crippen molar-refractivity contribution in [2.75, 3.05) is 13.6 Å². The molecular weight excluding hydrogens is 331 g/mol.